The molecule has 5 heteroatoms. The number of rotatable bonds is 4. The van der Waals surface area contributed by atoms with Gasteiger partial charge in [-0.2, -0.15) is 0 Å². The van der Waals surface area contributed by atoms with Gasteiger partial charge in [0.05, 0.1) is 11.7 Å². The van der Waals surface area contributed by atoms with Gasteiger partial charge in [-0.05, 0) is 43.7 Å². The molecule has 1 atom stereocenters. The van der Waals surface area contributed by atoms with Gasteiger partial charge in [-0.15, -0.1) is 0 Å². The highest BCUT2D eigenvalue weighted by molar-refractivity contribution is 5.99. The molecule has 0 radical (unpaired) electrons. The Morgan fingerprint density at radius 3 is 2.79 bits per heavy atom. The molecule has 1 aromatic heterocycles. The molecule has 5 nitrogen and oxygen atoms in total. The lowest BCUT2D eigenvalue weighted by molar-refractivity contribution is 0.162. The highest BCUT2D eigenvalue weighted by Gasteiger charge is 2.21. The Morgan fingerprint density at radius 1 is 1.42 bits per heavy atom. The maximum atomic E-state index is 8.88. The van der Waals surface area contributed by atoms with E-state index in [4.69, 9.17) is 15.7 Å². The van der Waals surface area contributed by atoms with Gasteiger partial charge in [-0.25, -0.2) is 4.98 Å². The first kappa shape index (κ1) is 13.6. The number of aryl methyl sites for hydroxylation is 2. The van der Waals surface area contributed by atoms with E-state index in [1.165, 1.54) is 5.56 Å². The van der Waals surface area contributed by atoms with Crippen LogP contribution in [0.3, 0.4) is 0 Å². The molecular formula is C14H21N3O2. The number of oxime groups is 1. The summed E-state index contributed by atoms with van der Waals surface area (Å²) in [5.41, 5.74) is 8.54. The molecule has 1 unspecified atom stereocenters. The lowest BCUT2D eigenvalue weighted by Gasteiger charge is -2.19. The quantitative estimate of drug-likeness (QED) is 0.377. The number of ether oxygens (including phenoxy) is 1. The van der Waals surface area contributed by atoms with E-state index in [2.05, 4.69) is 24.0 Å². The number of hydrogen-bond donors (Lipinski definition) is 2. The molecule has 0 aliphatic heterocycles. The predicted octanol–water partition coefficient (Wildman–Crippen LogP) is 2.09. The fraction of sp³-hybridized carbons (Fsp3) is 0.571. The topological polar surface area (TPSA) is 80.7 Å². The number of nitrogens with zero attached hydrogens (tertiary/aromatic N) is 2. The van der Waals surface area contributed by atoms with Gasteiger partial charge in [-0.1, -0.05) is 19.0 Å². The first-order chi connectivity index (χ1) is 9.02. The minimum absolute atomic E-state index is 0.0252. The average Bonchev–Trinajstić information content (AvgIpc) is 2.83. The molecule has 19 heavy (non-hydrogen) atoms. The van der Waals surface area contributed by atoms with Crippen molar-refractivity contribution in [2.45, 2.75) is 46.1 Å². The molecule has 104 valence electrons. The second-order valence-corrected chi connectivity index (χ2v) is 5.35. The van der Waals surface area contributed by atoms with Gasteiger partial charge in [0, 0.05) is 5.69 Å². The third-order valence-electron chi connectivity index (χ3n) is 3.64. The minimum atomic E-state index is 0.0252. The minimum Gasteiger partial charge on any atom is -0.474 e. The van der Waals surface area contributed by atoms with Crippen LogP contribution in [0.4, 0.5) is 0 Å². The number of amidine groups is 1. The summed E-state index contributed by atoms with van der Waals surface area (Å²) in [6, 6.07) is 1.94. The fourth-order valence-electron chi connectivity index (χ4n) is 2.09. The largest absolute Gasteiger partial charge is 0.474 e. The van der Waals surface area contributed by atoms with Crippen LogP contribution in [0.1, 0.15) is 44.0 Å². The number of hydrogen-bond acceptors (Lipinski definition) is 4. The van der Waals surface area contributed by atoms with Crippen molar-refractivity contribution in [1.29, 1.82) is 0 Å². The Labute approximate surface area is 113 Å². The first-order valence-corrected chi connectivity index (χ1v) is 6.70. The molecule has 0 bridgehead atoms. The standard InChI is InChI=1S/C14H21N3O2/c1-8(2)9(3)19-14-11(13(15)17-18)7-10-5-4-6-12(10)16-14/h7-9,18H,4-6H2,1-3H3,(H2,15,17). The van der Waals surface area contributed by atoms with E-state index in [0.717, 1.165) is 25.0 Å². The van der Waals surface area contributed by atoms with Crippen molar-refractivity contribution in [3.63, 3.8) is 0 Å². The number of pyridine rings is 1. The lowest BCUT2D eigenvalue weighted by atomic mass is 10.1. The molecule has 0 saturated carbocycles. The Morgan fingerprint density at radius 2 is 2.16 bits per heavy atom. The highest BCUT2D eigenvalue weighted by Crippen LogP contribution is 2.27. The molecule has 0 saturated heterocycles. The van der Waals surface area contributed by atoms with Crippen LogP contribution in [-0.2, 0) is 12.8 Å². The third-order valence-corrected chi connectivity index (χ3v) is 3.64. The zero-order chi connectivity index (χ0) is 14.0. The van der Waals surface area contributed by atoms with Crippen LogP contribution in [0.25, 0.3) is 0 Å². The average molecular weight is 263 g/mol. The summed E-state index contributed by atoms with van der Waals surface area (Å²) in [5, 5.41) is 12.0. The van der Waals surface area contributed by atoms with E-state index in [9.17, 15) is 0 Å². The summed E-state index contributed by atoms with van der Waals surface area (Å²) < 4.78 is 5.87. The van der Waals surface area contributed by atoms with Crippen molar-refractivity contribution >= 4 is 5.84 Å². The van der Waals surface area contributed by atoms with Gasteiger partial charge in [0.25, 0.3) is 0 Å². The molecule has 1 aliphatic rings. The third kappa shape index (κ3) is 2.80. The SMILES string of the molecule is CC(C)C(C)Oc1nc2c(cc1C(N)=NO)CCC2. The lowest BCUT2D eigenvalue weighted by Crippen LogP contribution is -2.23. The van der Waals surface area contributed by atoms with Crippen molar-refractivity contribution in [1.82, 2.24) is 4.98 Å². The van der Waals surface area contributed by atoms with Gasteiger partial charge in [-0.3, -0.25) is 0 Å². The van der Waals surface area contributed by atoms with E-state index < -0.39 is 0 Å². The van der Waals surface area contributed by atoms with Crippen molar-refractivity contribution in [3.8, 4) is 5.88 Å². The highest BCUT2D eigenvalue weighted by atomic mass is 16.5. The summed E-state index contributed by atoms with van der Waals surface area (Å²) in [5.74, 6) is 0.889. The maximum Gasteiger partial charge on any atom is 0.225 e. The van der Waals surface area contributed by atoms with Crippen molar-refractivity contribution in [2.24, 2.45) is 16.8 Å². The van der Waals surface area contributed by atoms with E-state index in [-0.39, 0.29) is 11.9 Å². The second-order valence-electron chi connectivity index (χ2n) is 5.35. The predicted molar refractivity (Wildman–Crippen MR) is 73.7 cm³/mol. The summed E-state index contributed by atoms with van der Waals surface area (Å²) in [6.45, 7) is 6.16. The number of nitrogens with two attached hydrogens (primary N) is 1. The van der Waals surface area contributed by atoms with E-state index in [0.29, 0.717) is 17.4 Å². The molecule has 3 N–H and O–H groups in total. The zero-order valence-corrected chi connectivity index (χ0v) is 11.7. The van der Waals surface area contributed by atoms with Crippen LogP contribution < -0.4 is 10.5 Å². The second kappa shape index (κ2) is 5.47. The van der Waals surface area contributed by atoms with E-state index >= 15 is 0 Å². The molecule has 0 amide bonds. The van der Waals surface area contributed by atoms with E-state index in [1.807, 2.05) is 13.0 Å². The van der Waals surface area contributed by atoms with Crippen LogP contribution >= 0.6 is 0 Å². The molecule has 0 fully saturated rings. The fourth-order valence-corrected chi connectivity index (χ4v) is 2.09. The summed E-state index contributed by atoms with van der Waals surface area (Å²) >= 11 is 0. The Bertz CT molecular complexity index is 498. The first-order valence-electron chi connectivity index (χ1n) is 6.70. The Kier molecular flexibility index (Phi) is 3.93. The summed E-state index contributed by atoms with van der Waals surface area (Å²) in [4.78, 5) is 4.55. The molecule has 1 aromatic rings. The van der Waals surface area contributed by atoms with Crippen molar-refractivity contribution < 1.29 is 9.94 Å². The molecule has 2 rings (SSSR count). The van der Waals surface area contributed by atoms with Gasteiger partial charge in [0.2, 0.25) is 5.88 Å². The van der Waals surface area contributed by atoms with E-state index in [1.54, 1.807) is 0 Å². The molecule has 1 heterocycles. The number of fused-ring (bicyclic) bond motifs is 1. The molecular weight excluding hydrogens is 242 g/mol. The monoisotopic (exact) mass is 263 g/mol. The summed E-state index contributed by atoms with van der Waals surface area (Å²) in [7, 11) is 0. The number of aromatic nitrogens is 1. The van der Waals surface area contributed by atoms with Crippen LogP contribution in [0.5, 0.6) is 5.88 Å². The molecule has 1 aliphatic carbocycles. The maximum absolute atomic E-state index is 8.88. The van der Waals surface area contributed by atoms with Gasteiger partial charge >= 0.3 is 0 Å². The van der Waals surface area contributed by atoms with Gasteiger partial charge < -0.3 is 15.7 Å². The van der Waals surface area contributed by atoms with Crippen LogP contribution in [0, 0.1) is 5.92 Å². The molecule has 0 aromatic carbocycles. The molecule has 0 spiro atoms. The van der Waals surface area contributed by atoms with Crippen LogP contribution in [0.15, 0.2) is 11.2 Å². The van der Waals surface area contributed by atoms with Gasteiger partial charge in [0.1, 0.15) is 0 Å². The Hall–Kier alpha value is -1.78. The van der Waals surface area contributed by atoms with Crippen LogP contribution in [0.2, 0.25) is 0 Å². The smallest absolute Gasteiger partial charge is 0.225 e. The summed E-state index contributed by atoms with van der Waals surface area (Å²) in [6.07, 6.45) is 3.09. The zero-order valence-electron chi connectivity index (χ0n) is 11.7. The van der Waals surface area contributed by atoms with Crippen molar-refractivity contribution in [3.05, 3.63) is 22.9 Å². The van der Waals surface area contributed by atoms with Crippen LogP contribution in [-0.4, -0.2) is 22.1 Å². The Balaban J connectivity index is 2.39. The van der Waals surface area contributed by atoms with Gasteiger partial charge in [0.15, 0.2) is 5.84 Å². The normalized spacial score (nSPS) is 16.5. The van der Waals surface area contributed by atoms with Crippen molar-refractivity contribution in [2.75, 3.05) is 0 Å².